The van der Waals surface area contributed by atoms with E-state index in [0.717, 1.165) is 12.1 Å². The van der Waals surface area contributed by atoms with Gasteiger partial charge in [0.25, 0.3) is 0 Å². The molecule has 2 rings (SSSR count). The van der Waals surface area contributed by atoms with Crippen LogP contribution in [0.5, 0.6) is 5.75 Å². The first-order chi connectivity index (χ1) is 9.23. The Morgan fingerprint density at radius 3 is 2.65 bits per heavy atom. The molecule has 0 spiro atoms. The molecule has 0 aliphatic heterocycles. The molecule has 1 heterocycles. The number of nitrogens with one attached hydrogen (secondary N) is 1. The standard InChI is InChI=1S/C11H11F3N2O3S/c1-2-3-20(17,18)10-5-8-7(15-6-16-8)4-9(10)19-11(12,13)14/h4-6H,2-3H2,1H3,(H,15,16). The van der Waals surface area contributed by atoms with Crippen LogP contribution in [0, 0.1) is 0 Å². The first kappa shape index (κ1) is 14.6. The van der Waals surface area contributed by atoms with Gasteiger partial charge < -0.3 is 9.72 Å². The first-order valence-electron chi connectivity index (χ1n) is 5.68. The summed E-state index contributed by atoms with van der Waals surface area (Å²) in [6, 6.07) is 2.07. The number of hydrogen-bond donors (Lipinski definition) is 1. The third kappa shape index (κ3) is 3.03. The van der Waals surface area contributed by atoms with E-state index in [1.807, 2.05) is 0 Å². The zero-order valence-corrected chi connectivity index (χ0v) is 11.2. The van der Waals surface area contributed by atoms with Crippen molar-refractivity contribution < 1.29 is 26.3 Å². The number of rotatable bonds is 4. The van der Waals surface area contributed by atoms with Crippen molar-refractivity contribution in [3.05, 3.63) is 18.5 Å². The summed E-state index contributed by atoms with van der Waals surface area (Å²) < 4.78 is 65.0. The third-order valence-corrected chi connectivity index (χ3v) is 4.45. The number of aromatic amines is 1. The van der Waals surface area contributed by atoms with E-state index in [9.17, 15) is 21.6 Å². The molecule has 2 aromatic rings. The van der Waals surface area contributed by atoms with Crippen LogP contribution in [0.25, 0.3) is 11.0 Å². The van der Waals surface area contributed by atoms with E-state index in [4.69, 9.17) is 0 Å². The highest BCUT2D eigenvalue weighted by atomic mass is 32.2. The van der Waals surface area contributed by atoms with E-state index in [0.29, 0.717) is 5.52 Å². The number of sulfone groups is 1. The van der Waals surface area contributed by atoms with Crippen LogP contribution in [-0.4, -0.2) is 30.5 Å². The highest BCUT2D eigenvalue weighted by Gasteiger charge is 2.34. The van der Waals surface area contributed by atoms with Crippen molar-refractivity contribution in [2.45, 2.75) is 24.6 Å². The second-order valence-corrected chi connectivity index (χ2v) is 6.16. The van der Waals surface area contributed by atoms with E-state index in [1.165, 1.54) is 6.33 Å². The molecule has 1 aromatic heterocycles. The minimum atomic E-state index is -4.97. The number of H-pyrrole nitrogens is 1. The van der Waals surface area contributed by atoms with Crippen molar-refractivity contribution in [1.82, 2.24) is 9.97 Å². The molecule has 20 heavy (non-hydrogen) atoms. The topological polar surface area (TPSA) is 72.0 Å². The fraction of sp³-hybridized carbons (Fsp3) is 0.364. The molecule has 0 saturated carbocycles. The maximum Gasteiger partial charge on any atom is 0.573 e. The number of ether oxygens (including phenoxy) is 1. The molecule has 0 bridgehead atoms. The molecule has 1 N–H and O–H groups in total. The molecule has 0 unspecified atom stereocenters. The Kier molecular flexibility index (Phi) is 3.63. The quantitative estimate of drug-likeness (QED) is 0.942. The molecule has 9 heteroatoms. The van der Waals surface area contributed by atoms with Crippen LogP contribution in [0.2, 0.25) is 0 Å². The lowest BCUT2D eigenvalue weighted by molar-refractivity contribution is -0.275. The van der Waals surface area contributed by atoms with Gasteiger partial charge in [0.1, 0.15) is 10.6 Å². The Morgan fingerprint density at radius 2 is 2.05 bits per heavy atom. The molecule has 0 amide bonds. The van der Waals surface area contributed by atoms with Crippen LogP contribution in [-0.2, 0) is 9.84 Å². The van der Waals surface area contributed by atoms with Crippen LogP contribution in [0.15, 0.2) is 23.4 Å². The lowest BCUT2D eigenvalue weighted by atomic mass is 10.3. The molecule has 0 aliphatic rings. The third-order valence-electron chi connectivity index (χ3n) is 2.52. The average Bonchev–Trinajstić information content (AvgIpc) is 2.72. The fourth-order valence-corrected chi connectivity index (χ4v) is 3.23. The number of benzene rings is 1. The largest absolute Gasteiger partial charge is 0.573 e. The summed E-state index contributed by atoms with van der Waals surface area (Å²) in [5.74, 6) is -1.02. The lowest BCUT2D eigenvalue weighted by Gasteiger charge is -2.13. The van der Waals surface area contributed by atoms with Crippen molar-refractivity contribution in [1.29, 1.82) is 0 Å². The summed E-state index contributed by atoms with van der Waals surface area (Å²) in [6.07, 6.45) is -3.42. The van der Waals surface area contributed by atoms with Gasteiger partial charge in [-0.3, -0.25) is 0 Å². The first-order valence-corrected chi connectivity index (χ1v) is 7.34. The summed E-state index contributed by atoms with van der Waals surface area (Å²) in [4.78, 5) is 5.94. The van der Waals surface area contributed by atoms with Crippen LogP contribution in [0.1, 0.15) is 13.3 Å². The number of aromatic nitrogens is 2. The Morgan fingerprint density at radius 1 is 1.35 bits per heavy atom. The zero-order chi connectivity index (χ0) is 15.0. The van der Waals surface area contributed by atoms with Crippen molar-refractivity contribution in [3.63, 3.8) is 0 Å². The van der Waals surface area contributed by atoms with E-state index >= 15 is 0 Å². The second-order valence-electron chi connectivity index (χ2n) is 4.09. The molecule has 110 valence electrons. The van der Waals surface area contributed by atoms with Gasteiger partial charge in [-0.25, -0.2) is 13.4 Å². The number of hydrogen-bond acceptors (Lipinski definition) is 4. The van der Waals surface area contributed by atoms with Crippen LogP contribution >= 0.6 is 0 Å². The van der Waals surface area contributed by atoms with E-state index in [-0.39, 0.29) is 17.7 Å². The predicted octanol–water partition coefficient (Wildman–Crippen LogP) is 2.65. The predicted molar refractivity (Wildman–Crippen MR) is 65.1 cm³/mol. The Hall–Kier alpha value is -1.77. The van der Waals surface area contributed by atoms with Crippen LogP contribution in [0.3, 0.4) is 0 Å². The molecule has 0 radical (unpaired) electrons. The summed E-state index contributed by atoms with van der Waals surface area (Å²) in [7, 11) is -3.86. The smallest absolute Gasteiger partial charge is 0.404 e. The van der Waals surface area contributed by atoms with Crippen molar-refractivity contribution in [3.8, 4) is 5.75 Å². The SMILES string of the molecule is CCCS(=O)(=O)c1cc2[nH]cnc2cc1OC(F)(F)F. The number of fused-ring (bicyclic) bond motifs is 1. The lowest BCUT2D eigenvalue weighted by Crippen LogP contribution is -2.19. The van der Waals surface area contributed by atoms with Gasteiger partial charge in [0.05, 0.1) is 23.1 Å². The molecule has 0 atom stereocenters. The minimum absolute atomic E-state index is 0.194. The number of nitrogens with zero attached hydrogens (tertiary/aromatic N) is 1. The van der Waals surface area contributed by atoms with Gasteiger partial charge in [-0.2, -0.15) is 0 Å². The molecule has 0 aliphatic carbocycles. The zero-order valence-electron chi connectivity index (χ0n) is 10.4. The molecule has 0 fully saturated rings. The van der Waals surface area contributed by atoms with E-state index in [1.54, 1.807) is 6.92 Å². The molecule has 1 aromatic carbocycles. The van der Waals surface area contributed by atoms with Gasteiger partial charge in [-0.15, -0.1) is 13.2 Å². The van der Waals surface area contributed by atoms with Gasteiger partial charge in [0.2, 0.25) is 0 Å². The van der Waals surface area contributed by atoms with E-state index < -0.39 is 26.8 Å². The molecular weight excluding hydrogens is 297 g/mol. The van der Waals surface area contributed by atoms with Crippen molar-refractivity contribution in [2.75, 3.05) is 5.75 Å². The van der Waals surface area contributed by atoms with Gasteiger partial charge in [-0.05, 0) is 12.5 Å². The highest BCUT2D eigenvalue weighted by molar-refractivity contribution is 7.91. The van der Waals surface area contributed by atoms with Gasteiger partial charge >= 0.3 is 6.36 Å². The Balaban J connectivity index is 2.63. The summed E-state index contributed by atoms with van der Waals surface area (Å²) in [5.41, 5.74) is 0.522. The Labute approximate surface area is 112 Å². The van der Waals surface area contributed by atoms with Crippen LogP contribution in [0.4, 0.5) is 13.2 Å². The van der Waals surface area contributed by atoms with E-state index in [2.05, 4.69) is 14.7 Å². The summed E-state index contributed by atoms with van der Waals surface area (Å²) >= 11 is 0. The van der Waals surface area contributed by atoms with Gasteiger partial charge in [0.15, 0.2) is 9.84 Å². The monoisotopic (exact) mass is 308 g/mol. The fourth-order valence-electron chi connectivity index (χ4n) is 1.77. The highest BCUT2D eigenvalue weighted by Crippen LogP contribution is 2.33. The minimum Gasteiger partial charge on any atom is -0.404 e. The molecule has 5 nitrogen and oxygen atoms in total. The maximum absolute atomic E-state index is 12.4. The van der Waals surface area contributed by atoms with Crippen molar-refractivity contribution >= 4 is 20.9 Å². The van der Waals surface area contributed by atoms with Crippen LogP contribution < -0.4 is 4.74 Å². The normalized spacial score (nSPS) is 12.8. The number of alkyl halides is 3. The average molecular weight is 308 g/mol. The van der Waals surface area contributed by atoms with Crippen molar-refractivity contribution in [2.24, 2.45) is 0 Å². The number of imidazole rings is 1. The molecule has 0 saturated heterocycles. The summed E-state index contributed by atoms with van der Waals surface area (Å²) in [5, 5.41) is 0. The second kappa shape index (κ2) is 4.97. The summed E-state index contributed by atoms with van der Waals surface area (Å²) in [6.45, 7) is 1.62. The molecular formula is C11H11F3N2O3S. The van der Waals surface area contributed by atoms with Gasteiger partial charge in [0, 0.05) is 6.07 Å². The number of halogens is 3. The van der Waals surface area contributed by atoms with Gasteiger partial charge in [-0.1, -0.05) is 6.92 Å². The Bertz CT molecular complexity index is 722. The maximum atomic E-state index is 12.4.